The first-order valence-corrected chi connectivity index (χ1v) is 19.7. The molecule has 0 heteroatoms. The molecule has 0 amide bonds. The van der Waals surface area contributed by atoms with Gasteiger partial charge in [0.1, 0.15) is 0 Å². The third-order valence-corrected chi connectivity index (χ3v) is 11.0. The third-order valence-electron chi connectivity index (χ3n) is 11.0. The van der Waals surface area contributed by atoms with Crippen molar-refractivity contribution < 1.29 is 0 Å². The first-order chi connectivity index (χ1) is 27.6. The first-order valence-electron chi connectivity index (χ1n) is 19.7. The summed E-state index contributed by atoms with van der Waals surface area (Å²) >= 11 is 0. The summed E-state index contributed by atoms with van der Waals surface area (Å²) in [5, 5.41) is 5.10. The van der Waals surface area contributed by atoms with Gasteiger partial charge in [0.2, 0.25) is 0 Å². The molecule has 1 aliphatic rings. The fourth-order valence-corrected chi connectivity index (χ4v) is 8.24. The van der Waals surface area contributed by atoms with Gasteiger partial charge in [-0.3, -0.25) is 0 Å². The molecule has 0 nitrogen and oxygen atoms in total. The van der Waals surface area contributed by atoms with Crippen LogP contribution >= 0.6 is 0 Å². The number of hydrogen-bond acceptors (Lipinski definition) is 0. The quantitative estimate of drug-likeness (QED) is 0.108. The molecule has 0 atom stereocenters. The average molecular weight is 717 g/mol. The van der Waals surface area contributed by atoms with Crippen LogP contribution in [-0.2, 0) is 0 Å². The molecule has 0 radical (unpaired) electrons. The highest BCUT2D eigenvalue weighted by Gasteiger charge is 2.18. The molecule has 0 fully saturated rings. The predicted molar refractivity (Wildman–Crippen MR) is 242 cm³/mol. The molecule has 56 heavy (non-hydrogen) atoms. The second kappa shape index (κ2) is 15.5. The van der Waals surface area contributed by atoms with Crippen LogP contribution in [-0.4, -0.2) is 0 Å². The van der Waals surface area contributed by atoms with Crippen molar-refractivity contribution >= 4 is 44.8 Å². The summed E-state index contributed by atoms with van der Waals surface area (Å²) in [6.07, 6.45) is 13.8. The summed E-state index contributed by atoms with van der Waals surface area (Å²) in [6, 6.07) is 64.4. The molecule has 0 N–H and O–H groups in total. The van der Waals surface area contributed by atoms with Gasteiger partial charge in [0, 0.05) is 0 Å². The van der Waals surface area contributed by atoms with Gasteiger partial charge in [-0.15, -0.1) is 0 Å². The second-order valence-corrected chi connectivity index (χ2v) is 14.9. The van der Waals surface area contributed by atoms with E-state index in [1.165, 1.54) is 99.5 Å². The first kappa shape index (κ1) is 35.0. The van der Waals surface area contributed by atoms with E-state index < -0.39 is 0 Å². The number of benzene rings is 8. The molecule has 268 valence electrons. The van der Waals surface area contributed by atoms with Gasteiger partial charge in [-0.1, -0.05) is 205 Å². The highest BCUT2D eigenvalue weighted by Crippen LogP contribution is 2.45. The SMILES string of the molecule is Cc1ccc2c(-c3ccc(/C=C(\C4=CCCC=C4)c4ccccc4)cc3)c3cc(C)ccc3c(-c3ccc(C=C(c4ccccc4)c4ccccc4)cc3)c2c1. The van der Waals surface area contributed by atoms with Gasteiger partial charge < -0.3 is 0 Å². The minimum absolute atomic E-state index is 1.08. The van der Waals surface area contributed by atoms with Crippen molar-refractivity contribution in [2.45, 2.75) is 26.7 Å². The van der Waals surface area contributed by atoms with E-state index in [-0.39, 0.29) is 0 Å². The van der Waals surface area contributed by atoms with Gasteiger partial charge in [0.05, 0.1) is 0 Å². The van der Waals surface area contributed by atoms with E-state index in [1.54, 1.807) is 0 Å². The Morgan fingerprint density at radius 2 is 0.839 bits per heavy atom. The Morgan fingerprint density at radius 1 is 0.411 bits per heavy atom. The molecule has 0 spiro atoms. The molecule has 0 aromatic heterocycles. The number of aryl methyl sites for hydroxylation is 2. The second-order valence-electron chi connectivity index (χ2n) is 14.9. The van der Waals surface area contributed by atoms with Crippen LogP contribution in [0.25, 0.3) is 67.1 Å². The normalized spacial score (nSPS) is 12.8. The van der Waals surface area contributed by atoms with Crippen LogP contribution in [0.3, 0.4) is 0 Å². The van der Waals surface area contributed by atoms with Crippen molar-refractivity contribution in [3.05, 3.63) is 239 Å². The minimum atomic E-state index is 1.08. The number of hydrogen-bond donors (Lipinski definition) is 0. The fraction of sp³-hybridized carbons (Fsp3) is 0.0714. The molecule has 0 saturated heterocycles. The molecule has 0 bridgehead atoms. The van der Waals surface area contributed by atoms with E-state index in [4.69, 9.17) is 0 Å². The summed E-state index contributed by atoms with van der Waals surface area (Å²) in [5.74, 6) is 0. The van der Waals surface area contributed by atoms with Crippen LogP contribution < -0.4 is 0 Å². The van der Waals surface area contributed by atoms with Gasteiger partial charge in [0.25, 0.3) is 0 Å². The summed E-state index contributed by atoms with van der Waals surface area (Å²) in [4.78, 5) is 0. The van der Waals surface area contributed by atoms with E-state index in [0.717, 1.165) is 12.8 Å². The molecule has 0 unspecified atom stereocenters. The van der Waals surface area contributed by atoms with E-state index in [2.05, 4.69) is 220 Å². The summed E-state index contributed by atoms with van der Waals surface area (Å²) < 4.78 is 0. The fourth-order valence-electron chi connectivity index (χ4n) is 8.24. The van der Waals surface area contributed by atoms with Crippen LogP contribution in [0.15, 0.2) is 200 Å². The lowest BCUT2D eigenvalue weighted by Crippen LogP contribution is -1.93. The van der Waals surface area contributed by atoms with Gasteiger partial charge in [-0.05, 0) is 127 Å². The third kappa shape index (κ3) is 7.10. The lowest BCUT2D eigenvalue weighted by molar-refractivity contribution is 1.03. The molecule has 9 rings (SSSR count). The Balaban J connectivity index is 1.16. The Hall–Kier alpha value is -6.76. The highest BCUT2D eigenvalue weighted by atomic mass is 14.2. The largest absolute Gasteiger partial charge is 0.0836 e. The van der Waals surface area contributed by atoms with Crippen molar-refractivity contribution in [3.63, 3.8) is 0 Å². The van der Waals surface area contributed by atoms with Crippen LogP contribution in [0.4, 0.5) is 0 Å². The van der Waals surface area contributed by atoms with Gasteiger partial charge in [0.15, 0.2) is 0 Å². The van der Waals surface area contributed by atoms with Crippen molar-refractivity contribution in [2.24, 2.45) is 0 Å². The molecular formula is C56H44. The predicted octanol–water partition coefficient (Wildman–Crippen LogP) is 15.3. The van der Waals surface area contributed by atoms with Crippen LogP contribution in [0, 0.1) is 13.8 Å². The van der Waals surface area contributed by atoms with E-state index in [0.29, 0.717) is 0 Å². The smallest absolute Gasteiger partial charge is 0.00263 e. The van der Waals surface area contributed by atoms with Crippen LogP contribution in [0.5, 0.6) is 0 Å². The molecule has 0 saturated carbocycles. The zero-order valence-corrected chi connectivity index (χ0v) is 32.0. The Labute approximate surface area is 331 Å². The standard InChI is InChI=1S/C56H44/c1-39-23-33-49-53(35-39)55(47-29-25-41(26-30-47)37-51(43-15-7-3-8-16-43)44-17-9-4-10-18-44)50-34-24-40(2)36-54(50)56(49)48-31-27-42(28-32-48)38-52(45-19-11-5-12-20-45)46-21-13-6-14-22-46/h3-5,7-13,15-38H,6,14H2,1-2H3/b52-38-. The number of rotatable bonds is 8. The topological polar surface area (TPSA) is 0 Å². The molecule has 1 aliphatic carbocycles. The number of allylic oxidation sites excluding steroid dienone is 5. The van der Waals surface area contributed by atoms with Crippen molar-refractivity contribution in [2.75, 3.05) is 0 Å². The lowest BCUT2D eigenvalue weighted by atomic mass is 9.84. The van der Waals surface area contributed by atoms with Crippen LogP contribution in [0.2, 0.25) is 0 Å². The van der Waals surface area contributed by atoms with E-state index in [9.17, 15) is 0 Å². The van der Waals surface area contributed by atoms with Gasteiger partial charge in [-0.25, -0.2) is 0 Å². The molecule has 8 aromatic rings. The lowest BCUT2D eigenvalue weighted by Gasteiger charge is -2.19. The highest BCUT2D eigenvalue weighted by molar-refractivity contribution is 6.21. The van der Waals surface area contributed by atoms with Gasteiger partial charge >= 0.3 is 0 Å². The Bertz CT molecular complexity index is 2750. The van der Waals surface area contributed by atoms with Crippen LogP contribution in [0.1, 0.15) is 51.8 Å². The Morgan fingerprint density at radius 3 is 1.27 bits per heavy atom. The summed E-state index contributed by atoms with van der Waals surface area (Å²) in [5.41, 5.74) is 17.3. The maximum Gasteiger partial charge on any atom is -0.00263 e. The minimum Gasteiger partial charge on any atom is -0.0836 e. The van der Waals surface area contributed by atoms with E-state index >= 15 is 0 Å². The zero-order valence-electron chi connectivity index (χ0n) is 32.0. The molecular weight excluding hydrogens is 673 g/mol. The van der Waals surface area contributed by atoms with Crippen molar-refractivity contribution in [1.82, 2.24) is 0 Å². The average Bonchev–Trinajstić information content (AvgIpc) is 3.26. The van der Waals surface area contributed by atoms with E-state index in [1.807, 2.05) is 0 Å². The summed E-state index contributed by atoms with van der Waals surface area (Å²) in [7, 11) is 0. The molecule has 8 aromatic carbocycles. The van der Waals surface area contributed by atoms with Gasteiger partial charge in [-0.2, -0.15) is 0 Å². The van der Waals surface area contributed by atoms with Crippen molar-refractivity contribution in [1.29, 1.82) is 0 Å². The maximum atomic E-state index is 2.37. The molecule has 0 heterocycles. The maximum absolute atomic E-state index is 2.37. The molecule has 0 aliphatic heterocycles. The monoisotopic (exact) mass is 716 g/mol. The number of fused-ring (bicyclic) bond motifs is 2. The van der Waals surface area contributed by atoms with Crippen molar-refractivity contribution in [3.8, 4) is 22.3 Å². The summed E-state index contributed by atoms with van der Waals surface area (Å²) in [6.45, 7) is 4.40. The Kier molecular flexibility index (Phi) is 9.70. The zero-order chi connectivity index (χ0) is 37.8.